The molecule has 1 aromatic carbocycles. The van der Waals surface area contributed by atoms with Gasteiger partial charge in [0.15, 0.2) is 10.6 Å². The van der Waals surface area contributed by atoms with Crippen molar-refractivity contribution in [2.45, 2.75) is 32.2 Å². The van der Waals surface area contributed by atoms with Gasteiger partial charge < -0.3 is 4.74 Å². The van der Waals surface area contributed by atoms with Crippen LogP contribution >= 0.6 is 23.6 Å². The van der Waals surface area contributed by atoms with Gasteiger partial charge in [-0.3, -0.25) is 19.8 Å². The van der Waals surface area contributed by atoms with Gasteiger partial charge in [0.25, 0.3) is 0 Å². The van der Waals surface area contributed by atoms with Crippen molar-refractivity contribution in [3.05, 3.63) is 34.0 Å². The fourth-order valence-electron chi connectivity index (χ4n) is 2.63. The van der Waals surface area contributed by atoms with Crippen molar-refractivity contribution in [3.8, 4) is 17.1 Å². The number of carbonyl (C=O) groups excluding carboxylic acids is 1. The number of aromatic nitrogens is 5. The lowest BCUT2D eigenvalue weighted by atomic mass is 10.2. The number of nitrogens with zero attached hydrogens (tertiary/aromatic N) is 4. The Kier molecular flexibility index (Phi) is 4.99. The SMILES string of the molecule is CCOc1ccc(-c2n[nH]c(=S)n2CC(=O)Nc2nnc(C3CC3)s2)cc1. The molecule has 0 unspecified atom stereocenters. The highest BCUT2D eigenvalue weighted by molar-refractivity contribution is 7.71. The van der Waals surface area contributed by atoms with E-state index in [9.17, 15) is 4.79 Å². The van der Waals surface area contributed by atoms with E-state index in [0.29, 0.717) is 28.3 Å². The van der Waals surface area contributed by atoms with Crippen molar-refractivity contribution >= 4 is 34.6 Å². The van der Waals surface area contributed by atoms with E-state index in [0.717, 1.165) is 29.2 Å². The maximum Gasteiger partial charge on any atom is 0.246 e. The summed E-state index contributed by atoms with van der Waals surface area (Å²) in [5, 5.41) is 19.5. The summed E-state index contributed by atoms with van der Waals surface area (Å²) in [6.07, 6.45) is 2.30. The lowest BCUT2D eigenvalue weighted by Gasteiger charge is -2.07. The minimum Gasteiger partial charge on any atom is -0.494 e. The number of anilines is 1. The molecule has 2 heterocycles. The Hall–Kier alpha value is -2.59. The number of hydrogen-bond acceptors (Lipinski definition) is 7. The average Bonchev–Trinajstić information content (AvgIpc) is 3.31. The van der Waals surface area contributed by atoms with Crippen LogP contribution < -0.4 is 10.1 Å². The van der Waals surface area contributed by atoms with Gasteiger partial charge >= 0.3 is 0 Å². The van der Waals surface area contributed by atoms with Crippen molar-refractivity contribution in [1.82, 2.24) is 25.0 Å². The van der Waals surface area contributed by atoms with Crippen LogP contribution in [0.2, 0.25) is 0 Å². The van der Waals surface area contributed by atoms with Gasteiger partial charge in [-0.2, -0.15) is 5.10 Å². The number of H-pyrrole nitrogens is 1. The van der Waals surface area contributed by atoms with Crippen molar-refractivity contribution in [1.29, 1.82) is 0 Å². The second-order valence-electron chi connectivity index (χ2n) is 6.16. The Morgan fingerprint density at radius 2 is 2.15 bits per heavy atom. The zero-order valence-electron chi connectivity index (χ0n) is 14.6. The topological polar surface area (TPSA) is 97.7 Å². The van der Waals surface area contributed by atoms with Gasteiger partial charge in [-0.25, -0.2) is 0 Å². The van der Waals surface area contributed by atoms with Gasteiger partial charge in [0.2, 0.25) is 11.0 Å². The summed E-state index contributed by atoms with van der Waals surface area (Å²) < 4.78 is 7.49. The largest absolute Gasteiger partial charge is 0.494 e. The standard InChI is InChI=1S/C17H18N6O2S2/c1-2-25-12-7-5-10(6-8-12)14-19-22-17(26)23(14)9-13(24)18-16-21-20-15(27-16)11-3-4-11/h5-8,11H,2-4,9H2,1H3,(H,22,26)(H,18,21,24). The monoisotopic (exact) mass is 402 g/mol. The van der Waals surface area contributed by atoms with Crippen LogP contribution in [0.15, 0.2) is 24.3 Å². The Bertz CT molecular complexity index is 1000. The van der Waals surface area contributed by atoms with Crippen LogP contribution in [0.5, 0.6) is 5.75 Å². The molecule has 2 aromatic heterocycles. The lowest BCUT2D eigenvalue weighted by molar-refractivity contribution is -0.116. The predicted molar refractivity (Wildman–Crippen MR) is 105 cm³/mol. The number of nitrogens with one attached hydrogen (secondary N) is 2. The first-order chi connectivity index (χ1) is 13.1. The van der Waals surface area contributed by atoms with Crippen molar-refractivity contribution in [2.75, 3.05) is 11.9 Å². The van der Waals surface area contributed by atoms with Crippen LogP contribution in [0.4, 0.5) is 5.13 Å². The molecule has 27 heavy (non-hydrogen) atoms. The number of amides is 1. The normalized spacial score (nSPS) is 13.5. The molecule has 1 saturated carbocycles. The maximum absolute atomic E-state index is 12.4. The molecule has 0 spiro atoms. The molecule has 1 fully saturated rings. The first-order valence-electron chi connectivity index (χ1n) is 8.65. The number of ether oxygens (including phenoxy) is 1. The molecule has 1 aliphatic rings. The van der Waals surface area contributed by atoms with Crippen LogP contribution in [0.3, 0.4) is 0 Å². The number of carbonyl (C=O) groups is 1. The van der Waals surface area contributed by atoms with Gasteiger partial charge in [-0.05, 0) is 56.2 Å². The Labute approximate surface area is 164 Å². The molecule has 1 aliphatic carbocycles. The molecule has 10 heteroatoms. The highest BCUT2D eigenvalue weighted by Gasteiger charge is 2.27. The number of benzene rings is 1. The van der Waals surface area contributed by atoms with E-state index in [-0.39, 0.29) is 12.5 Å². The molecular formula is C17H18N6O2S2. The van der Waals surface area contributed by atoms with E-state index in [1.54, 1.807) is 4.57 Å². The third-order valence-corrected chi connectivity index (χ3v) is 5.41. The minimum atomic E-state index is -0.224. The highest BCUT2D eigenvalue weighted by atomic mass is 32.1. The molecule has 3 aromatic rings. The van der Waals surface area contributed by atoms with Gasteiger partial charge in [0, 0.05) is 11.5 Å². The van der Waals surface area contributed by atoms with E-state index in [1.165, 1.54) is 11.3 Å². The second-order valence-corrected chi connectivity index (χ2v) is 7.56. The zero-order valence-corrected chi connectivity index (χ0v) is 16.3. The van der Waals surface area contributed by atoms with E-state index in [2.05, 4.69) is 25.7 Å². The van der Waals surface area contributed by atoms with Crippen LogP contribution in [0.1, 0.15) is 30.7 Å². The fraction of sp³-hybridized carbons (Fsp3) is 0.353. The van der Waals surface area contributed by atoms with Crippen molar-refractivity contribution in [3.63, 3.8) is 0 Å². The Balaban J connectivity index is 1.48. The molecule has 0 atom stereocenters. The summed E-state index contributed by atoms with van der Waals surface area (Å²) in [7, 11) is 0. The van der Waals surface area contributed by atoms with Gasteiger partial charge in [-0.15, -0.1) is 10.2 Å². The van der Waals surface area contributed by atoms with Crippen LogP contribution in [0, 0.1) is 4.77 Å². The maximum atomic E-state index is 12.4. The minimum absolute atomic E-state index is 0.0379. The summed E-state index contributed by atoms with van der Waals surface area (Å²) in [6, 6.07) is 7.50. The summed E-state index contributed by atoms with van der Waals surface area (Å²) in [6.45, 7) is 2.58. The lowest BCUT2D eigenvalue weighted by Crippen LogP contribution is -2.19. The summed E-state index contributed by atoms with van der Waals surface area (Å²) in [5.74, 6) is 1.66. The smallest absolute Gasteiger partial charge is 0.246 e. The third-order valence-electron chi connectivity index (χ3n) is 4.10. The Morgan fingerprint density at radius 3 is 2.85 bits per heavy atom. The first-order valence-corrected chi connectivity index (χ1v) is 9.88. The fourth-order valence-corrected chi connectivity index (χ4v) is 3.76. The molecule has 0 aliphatic heterocycles. The van der Waals surface area contributed by atoms with E-state index in [4.69, 9.17) is 17.0 Å². The van der Waals surface area contributed by atoms with E-state index in [1.807, 2.05) is 31.2 Å². The van der Waals surface area contributed by atoms with Crippen molar-refractivity contribution in [2.24, 2.45) is 0 Å². The molecule has 0 radical (unpaired) electrons. The predicted octanol–water partition coefficient (Wildman–Crippen LogP) is 3.37. The molecule has 140 valence electrons. The molecule has 2 N–H and O–H groups in total. The van der Waals surface area contributed by atoms with Crippen LogP contribution in [-0.2, 0) is 11.3 Å². The van der Waals surface area contributed by atoms with Gasteiger partial charge in [-0.1, -0.05) is 11.3 Å². The summed E-state index contributed by atoms with van der Waals surface area (Å²) in [5.41, 5.74) is 0.838. The number of rotatable bonds is 7. The average molecular weight is 403 g/mol. The summed E-state index contributed by atoms with van der Waals surface area (Å²) in [4.78, 5) is 12.4. The quantitative estimate of drug-likeness (QED) is 0.588. The van der Waals surface area contributed by atoms with E-state index < -0.39 is 0 Å². The summed E-state index contributed by atoms with van der Waals surface area (Å²) >= 11 is 6.71. The Morgan fingerprint density at radius 1 is 1.37 bits per heavy atom. The van der Waals surface area contributed by atoms with Gasteiger partial charge in [0.05, 0.1) is 6.61 Å². The third kappa shape index (κ3) is 4.06. The molecular weight excluding hydrogens is 384 g/mol. The second kappa shape index (κ2) is 7.57. The number of hydrogen-bond donors (Lipinski definition) is 2. The zero-order chi connectivity index (χ0) is 18.8. The van der Waals surface area contributed by atoms with Crippen LogP contribution in [0.25, 0.3) is 11.4 Å². The van der Waals surface area contributed by atoms with Crippen molar-refractivity contribution < 1.29 is 9.53 Å². The molecule has 4 rings (SSSR count). The number of aromatic amines is 1. The highest BCUT2D eigenvalue weighted by Crippen LogP contribution is 2.42. The molecule has 0 bridgehead atoms. The molecule has 0 saturated heterocycles. The molecule has 8 nitrogen and oxygen atoms in total. The molecule has 1 amide bonds. The first kappa shape index (κ1) is 17.8. The van der Waals surface area contributed by atoms with E-state index >= 15 is 0 Å². The van der Waals surface area contributed by atoms with Crippen LogP contribution in [-0.4, -0.2) is 37.5 Å². The van der Waals surface area contributed by atoms with Gasteiger partial charge in [0.1, 0.15) is 17.3 Å².